The van der Waals surface area contributed by atoms with Gasteiger partial charge in [0.1, 0.15) is 5.65 Å². The number of fused-ring (bicyclic) bond motifs is 2. The second-order valence-corrected chi connectivity index (χ2v) is 6.07. The molecule has 1 aliphatic heterocycles. The Labute approximate surface area is 129 Å². The normalized spacial score (nSPS) is 17.0. The van der Waals surface area contributed by atoms with E-state index < -0.39 is 0 Å². The maximum absolute atomic E-state index is 12.1. The molecular formula is C16H12BrN3O. The second kappa shape index (κ2) is 4.43. The summed E-state index contributed by atoms with van der Waals surface area (Å²) in [5.41, 5.74) is 4.56. The molecule has 1 N–H and O–H groups in total. The van der Waals surface area contributed by atoms with Crippen LogP contribution >= 0.6 is 15.9 Å². The highest BCUT2D eigenvalue weighted by Gasteiger charge is 2.32. The summed E-state index contributed by atoms with van der Waals surface area (Å²) in [5, 5.41) is 3.06. The molecule has 5 heteroatoms. The zero-order valence-corrected chi connectivity index (χ0v) is 12.9. The molecule has 0 saturated heterocycles. The smallest absolute Gasteiger partial charge is 0.252 e. The van der Waals surface area contributed by atoms with Gasteiger partial charge in [0.15, 0.2) is 0 Å². The molecule has 1 atom stereocenters. The van der Waals surface area contributed by atoms with Crippen LogP contribution in [-0.4, -0.2) is 15.3 Å². The number of halogens is 1. The highest BCUT2D eigenvalue weighted by molar-refractivity contribution is 9.10. The van der Waals surface area contributed by atoms with Crippen molar-refractivity contribution < 1.29 is 4.79 Å². The van der Waals surface area contributed by atoms with Crippen LogP contribution in [-0.2, 0) is 0 Å². The van der Waals surface area contributed by atoms with Gasteiger partial charge in [0.05, 0.1) is 17.4 Å². The van der Waals surface area contributed by atoms with E-state index in [0.29, 0.717) is 0 Å². The van der Waals surface area contributed by atoms with Gasteiger partial charge in [-0.1, -0.05) is 18.2 Å². The number of carbonyl (C=O) groups excluding carboxylic acids is 1. The van der Waals surface area contributed by atoms with Crippen LogP contribution in [0.25, 0.3) is 5.65 Å². The van der Waals surface area contributed by atoms with E-state index in [4.69, 9.17) is 0 Å². The number of aryl methyl sites for hydroxylation is 1. The van der Waals surface area contributed by atoms with Gasteiger partial charge in [-0.25, -0.2) is 4.98 Å². The first-order valence-electron chi connectivity index (χ1n) is 6.69. The van der Waals surface area contributed by atoms with E-state index in [1.54, 1.807) is 0 Å². The Morgan fingerprint density at radius 3 is 2.90 bits per heavy atom. The maximum atomic E-state index is 12.1. The summed E-state index contributed by atoms with van der Waals surface area (Å²) in [7, 11) is 0. The lowest BCUT2D eigenvalue weighted by molar-refractivity contribution is 0.0960. The van der Waals surface area contributed by atoms with E-state index in [1.807, 2.05) is 53.9 Å². The first-order valence-corrected chi connectivity index (χ1v) is 7.48. The highest BCUT2D eigenvalue weighted by atomic mass is 79.9. The van der Waals surface area contributed by atoms with E-state index in [1.165, 1.54) is 0 Å². The molecule has 1 unspecified atom stereocenters. The summed E-state index contributed by atoms with van der Waals surface area (Å²) in [4.78, 5) is 16.7. The Hall–Kier alpha value is -2.14. The lowest BCUT2D eigenvalue weighted by atomic mass is 10.0. The number of nitrogens with one attached hydrogen (secondary N) is 1. The summed E-state index contributed by atoms with van der Waals surface area (Å²) in [6.45, 7) is 1.98. The Kier molecular flexibility index (Phi) is 2.65. The van der Waals surface area contributed by atoms with Crippen LogP contribution in [0.3, 0.4) is 0 Å². The van der Waals surface area contributed by atoms with Crippen molar-refractivity contribution in [2.75, 3.05) is 0 Å². The van der Waals surface area contributed by atoms with Crippen molar-refractivity contribution in [2.45, 2.75) is 13.0 Å². The number of imidazole rings is 1. The van der Waals surface area contributed by atoms with Gasteiger partial charge in [0, 0.05) is 16.2 Å². The largest absolute Gasteiger partial charge is 0.339 e. The number of nitrogens with zero attached hydrogens (tertiary/aromatic N) is 2. The number of hydrogen-bond acceptors (Lipinski definition) is 2. The first-order chi connectivity index (χ1) is 10.1. The SMILES string of the molecule is Cc1nc2ccc(Br)cn2c1C1NC(=O)c2ccccc21. The van der Waals surface area contributed by atoms with Crippen LogP contribution in [0.1, 0.15) is 33.4 Å². The fourth-order valence-corrected chi connectivity index (χ4v) is 3.30. The summed E-state index contributed by atoms with van der Waals surface area (Å²) in [6.07, 6.45) is 1.98. The van der Waals surface area contributed by atoms with Crippen molar-refractivity contribution in [3.05, 3.63) is 69.6 Å². The average Bonchev–Trinajstić information content (AvgIpc) is 2.96. The molecule has 0 saturated carbocycles. The number of aromatic nitrogens is 2. The summed E-state index contributed by atoms with van der Waals surface area (Å²) in [5.74, 6) is -0.0278. The fourth-order valence-electron chi connectivity index (χ4n) is 2.96. The van der Waals surface area contributed by atoms with Gasteiger partial charge in [0.25, 0.3) is 5.91 Å². The van der Waals surface area contributed by atoms with Crippen molar-refractivity contribution in [1.82, 2.24) is 14.7 Å². The Morgan fingerprint density at radius 2 is 2.05 bits per heavy atom. The molecule has 0 fully saturated rings. The minimum absolute atomic E-state index is 0.0278. The van der Waals surface area contributed by atoms with Crippen LogP contribution in [0.2, 0.25) is 0 Å². The van der Waals surface area contributed by atoms with Crippen LogP contribution < -0.4 is 5.32 Å². The molecule has 4 rings (SSSR count). The average molecular weight is 342 g/mol. The first kappa shape index (κ1) is 12.6. The molecule has 3 heterocycles. The third kappa shape index (κ3) is 1.81. The fraction of sp³-hybridized carbons (Fsp3) is 0.125. The Morgan fingerprint density at radius 1 is 1.24 bits per heavy atom. The van der Waals surface area contributed by atoms with E-state index in [9.17, 15) is 4.79 Å². The van der Waals surface area contributed by atoms with Gasteiger partial charge < -0.3 is 9.72 Å². The van der Waals surface area contributed by atoms with E-state index >= 15 is 0 Å². The Bertz CT molecular complexity index is 884. The zero-order chi connectivity index (χ0) is 14.6. The molecule has 0 radical (unpaired) electrons. The quantitative estimate of drug-likeness (QED) is 0.738. The molecule has 0 spiro atoms. The summed E-state index contributed by atoms with van der Waals surface area (Å²) >= 11 is 3.49. The monoisotopic (exact) mass is 341 g/mol. The molecule has 21 heavy (non-hydrogen) atoms. The van der Waals surface area contributed by atoms with Gasteiger partial charge in [-0.15, -0.1) is 0 Å². The topological polar surface area (TPSA) is 46.4 Å². The van der Waals surface area contributed by atoms with Crippen molar-refractivity contribution in [3.8, 4) is 0 Å². The second-order valence-electron chi connectivity index (χ2n) is 5.15. The molecule has 0 aliphatic carbocycles. The van der Waals surface area contributed by atoms with Crippen LogP contribution in [0.15, 0.2) is 47.1 Å². The summed E-state index contributed by atoms with van der Waals surface area (Å²) < 4.78 is 3.01. The number of rotatable bonds is 1. The van der Waals surface area contributed by atoms with Crippen molar-refractivity contribution in [1.29, 1.82) is 0 Å². The lowest BCUT2D eigenvalue weighted by Crippen LogP contribution is -2.21. The van der Waals surface area contributed by atoms with Crippen molar-refractivity contribution >= 4 is 27.5 Å². The van der Waals surface area contributed by atoms with Crippen LogP contribution in [0.4, 0.5) is 0 Å². The van der Waals surface area contributed by atoms with Gasteiger partial charge in [0.2, 0.25) is 0 Å². The van der Waals surface area contributed by atoms with Gasteiger partial charge in [-0.3, -0.25) is 4.79 Å². The molecule has 1 aliphatic rings. The molecule has 2 aromatic heterocycles. The number of hydrogen-bond donors (Lipinski definition) is 1. The maximum Gasteiger partial charge on any atom is 0.252 e. The number of benzene rings is 1. The molecule has 104 valence electrons. The highest BCUT2D eigenvalue weighted by Crippen LogP contribution is 2.33. The third-order valence-electron chi connectivity index (χ3n) is 3.87. The standard InChI is InChI=1S/C16H12BrN3O/c1-9-15(20-8-10(17)6-7-13(20)18-9)14-11-4-2-3-5-12(11)16(21)19-14/h2-8,14H,1H3,(H,19,21). The van der Waals surface area contributed by atoms with Crippen LogP contribution in [0.5, 0.6) is 0 Å². The predicted molar refractivity (Wildman–Crippen MR) is 83.4 cm³/mol. The molecule has 1 amide bonds. The number of carbonyl (C=O) groups is 1. The van der Waals surface area contributed by atoms with Crippen molar-refractivity contribution in [2.24, 2.45) is 0 Å². The van der Waals surface area contributed by atoms with Gasteiger partial charge >= 0.3 is 0 Å². The van der Waals surface area contributed by atoms with Crippen LogP contribution in [0, 0.1) is 6.92 Å². The minimum atomic E-state index is -0.155. The zero-order valence-electron chi connectivity index (χ0n) is 11.3. The Balaban J connectivity index is 1.98. The lowest BCUT2D eigenvalue weighted by Gasteiger charge is -2.13. The predicted octanol–water partition coefficient (Wildman–Crippen LogP) is 3.24. The van der Waals surface area contributed by atoms with E-state index in [2.05, 4.69) is 26.2 Å². The van der Waals surface area contributed by atoms with E-state index in [-0.39, 0.29) is 11.9 Å². The number of pyridine rings is 1. The van der Waals surface area contributed by atoms with Gasteiger partial charge in [-0.2, -0.15) is 0 Å². The molecule has 1 aromatic carbocycles. The summed E-state index contributed by atoms with van der Waals surface area (Å²) in [6, 6.07) is 11.5. The van der Waals surface area contributed by atoms with Gasteiger partial charge in [-0.05, 0) is 46.6 Å². The molecule has 3 aromatic rings. The number of amides is 1. The minimum Gasteiger partial charge on any atom is -0.339 e. The molecule has 4 nitrogen and oxygen atoms in total. The van der Waals surface area contributed by atoms with Crippen molar-refractivity contribution in [3.63, 3.8) is 0 Å². The third-order valence-corrected chi connectivity index (χ3v) is 4.34. The molecular weight excluding hydrogens is 330 g/mol. The van der Waals surface area contributed by atoms with E-state index in [0.717, 1.165) is 32.6 Å². The molecule has 0 bridgehead atoms.